The number of amides is 2. The molecule has 3 aromatic rings. The van der Waals surface area contributed by atoms with Gasteiger partial charge in [-0.2, -0.15) is 13.2 Å². The third-order valence-electron chi connectivity index (χ3n) is 4.37. The lowest BCUT2D eigenvalue weighted by Crippen LogP contribution is -2.22. The fraction of sp³-hybridized carbons (Fsp3) is 0.200. The average molecular weight is 452 g/mol. The summed E-state index contributed by atoms with van der Waals surface area (Å²) in [5, 5.41) is 12.7. The molecule has 0 saturated carbocycles. The van der Waals surface area contributed by atoms with Gasteiger partial charge >= 0.3 is 6.18 Å². The van der Waals surface area contributed by atoms with E-state index in [0.717, 1.165) is 22.4 Å². The molecule has 1 aromatic heterocycles. The number of halogens is 4. The number of nitrogens with one attached hydrogen (secondary N) is 2. The van der Waals surface area contributed by atoms with E-state index in [-0.39, 0.29) is 17.1 Å². The topological polar surface area (TPSA) is 88.9 Å². The minimum absolute atomic E-state index is 0.0415. The molecule has 2 aromatic carbocycles. The Kier molecular flexibility index (Phi) is 6.30. The number of aryl methyl sites for hydroxylation is 1. The number of anilines is 2. The van der Waals surface area contributed by atoms with Crippen molar-refractivity contribution in [3.63, 3.8) is 0 Å². The number of aromatic nitrogens is 3. The van der Waals surface area contributed by atoms with Crippen molar-refractivity contribution in [2.45, 2.75) is 26.6 Å². The van der Waals surface area contributed by atoms with Gasteiger partial charge in [0.05, 0.1) is 27.7 Å². The highest BCUT2D eigenvalue weighted by Crippen LogP contribution is 2.34. The van der Waals surface area contributed by atoms with Gasteiger partial charge in [-0.15, -0.1) is 5.10 Å². The molecule has 7 nitrogen and oxygen atoms in total. The predicted octanol–water partition coefficient (Wildman–Crippen LogP) is 4.46. The van der Waals surface area contributed by atoms with Gasteiger partial charge in [0.15, 0.2) is 5.69 Å². The Labute approximate surface area is 180 Å². The number of hydrogen-bond acceptors (Lipinski definition) is 4. The summed E-state index contributed by atoms with van der Waals surface area (Å²) in [7, 11) is 0. The molecular formula is C20H17ClF3N5O2. The molecule has 11 heteroatoms. The second-order valence-corrected chi connectivity index (χ2v) is 7.12. The first kappa shape index (κ1) is 22.3. The number of hydrogen-bond donors (Lipinski definition) is 2. The molecule has 0 atom stereocenters. The van der Waals surface area contributed by atoms with Gasteiger partial charge in [0.1, 0.15) is 6.54 Å². The van der Waals surface area contributed by atoms with E-state index in [2.05, 4.69) is 20.9 Å². The molecular weight excluding hydrogens is 435 g/mol. The first-order valence-corrected chi connectivity index (χ1v) is 9.37. The van der Waals surface area contributed by atoms with Gasteiger partial charge in [-0.25, -0.2) is 4.68 Å². The van der Waals surface area contributed by atoms with Crippen molar-refractivity contribution in [2.24, 2.45) is 0 Å². The van der Waals surface area contributed by atoms with E-state index in [1.807, 2.05) is 6.92 Å². The zero-order valence-corrected chi connectivity index (χ0v) is 17.2. The van der Waals surface area contributed by atoms with E-state index in [1.165, 1.54) is 19.1 Å². The van der Waals surface area contributed by atoms with E-state index in [9.17, 15) is 22.8 Å². The summed E-state index contributed by atoms with van der Waals surface area (Å²) in [5.74, 6) is -1.34. The van der Waals surface area contributed by atoms with Gasteiger partial charge in [0, 0.05) is 0 Å². The second kappa shape index (κ2) is 8.76. The maximum atomic E-state index is 13.1. The Morgan fingerprint density at radius 3 is 2.45 bits per heavy atom. The van der Waals surface area contributed by atoms with Crippen LogP contribution in [0, 0.1) is 13.8 Å². The zero-order valence-electron chi connectivity index (χ0n) is 16.4. The summed E-state index contributed by atoms with van der Waals surface area (Å²) < 4.78 is 40.4. The van der Waals surface area contributed by atoms with Crippen molar-refractivity contribution >= 4 is 34.8 Å². The van der Waals surface area contributed by atoms with Crippen molar-refractivity contribution in [2.75, 3.05) is 10.6 Å². The summed E-state index contributed by atoms with van der Waals surface area (Å²) >= 11 is 6.11. The molecule has 0 radical (unpaired) electrons. The summed E-state index contributed by atoms with van der Waals surface area (Å²) in [6, 6.07) is 9.72. The number of carbonyl (C=O) groups is 2. The van der Waals surface area contributed by atoms with E-state index in [1.54, 1.807) is 18.2 Å². The van der Waals surface area contributed by atoms with Crippen LogP contribution in [0.15, 0.2) is 42.5 Å². The number of benzene rings is 2. The lowest BCUT2D eigenvalue weighted by molar-refractivity contribution is -0.137. The Balaban J connectivity index is 1.72. The highest BCUT2D eigenvalue weighted by atomic mass is 35.5. The lowest BCUT2D eigenvalue weighted by atomic mass is 10.1. The fourth-order valence-corrected chi connectivity index (χ4v) is 3.07. The predicted molar refractivity (Wildman–Crippen MR) is 109 cm³/mol. The van der Waals surface area contributed by atoms with E-state index < -0.39 is 30.1 Å². The van der Waals surface area contributed by atoms with Gasteiger partial charge in [0.25, 0.3) is 5.91 Å². The lowest BCUT2D eigenvalue weighted by Gasteiger charge is -2.13. The third kappa shape index (κ3) is 5.21. The SMILES string of the molecule is Cc1ccc(NC(=O)c2nnn(CC(=O)Nc3ccccc3C(F)(F)F)c2C)c(Cl)c1. The first-order chi connectivity index (χ1) is 14.6. The Bertz CT molecular complexity index is 1140. The van der Waals surface area contributed by atoms with Crippen LogP contribution in [0.25, 0.3) is 0 Å². The molecule has 0 aliphatic rings. The van der Waals surface area contributed by atoms with Crippen LogP contribution in [0.3, 0.4) is 0 Å². The van der Waals surface area contributed by atoms with Crippen LogP contribution in [0.5, 0.6) is 0 Å². The van der Waals surface area contributed by atoms with Crippen molar-refractivity contribution < 1.29 is 22.8 Å². The van der Waals surface area contributed by atoms with Gasteiger partial charge in [-0.05, 0) is 43.7 Å². The summed E-state index contributed by atoms with van der Waals surface area (Å²) in [4.78, 5) is 24.8. The molecule has 3 rings (SSSR count). The fourth-order valence-electron chi connectivity index (χ4n) is 2.79. The molecule has 0 aliphatic heterocycles. The second-order valence-electron chi connectivity index (χ2n) is 6.71. The highest BCUT2D eigenvalue weighted by molar-refractivity contribution is 6.34. The van der Waals surface area contributed by atoms with Crippen LogP contribution >= 0.6 is 11.6 Å². The first-order valence-electron chi connectivity index (χ1n) is 9.00. The molecule has 0 aliphatic carbocycles. The molecule has 0 unspecified atom stereocenters. The highest BCUT2D eigenvalue weighted by Gasteiger charge is 2.33. The Morgan fingerprint density at radius 2 is 1.77 bits per heavy atom. The molecule has 2 N–H and O–H groups in total. The van der Waals surface area contributed by atoms with Gasteiger partial charge in [0.2, 0.25) is 5.91 Å². The minimum atomic E-state index is -4.62. The normalized spacial score (nSPS) is 11.3. The molecule has 0 saturated heterocycles. The maximum Gasteiger partial charge on any atom is 0.418 e. The molecule has 1 heterocycles. The standard InChI is InChI=1S/C20H17ClF3N5O2/c1-11-7-8-16(14(21)9-11)26-19(31)18-12(2)29(28-27-18)10-17(30)25-15-6-4-3-5-13(15)20(22,23)24/h3-9H,10H2,1-2H3,(H,25,30)(H,26,31). The van der Waals surface area contributed by atoms with Crippen LogP contribution in [-0.2, 0) is 17.5 Å². The van der Waals surface area contributed by atoms with Gasteiger partial charge in [-0.3, -0.25) is 9.59 Å². The molecule has 162 valence electrons. The Morgan fingerprint density at radius 1 is 1.06 bits per heavy atom. The summed E-state index contributed by atoms with van der Waals surface area (Å²) in [5.41, 5.74) is 0.189. The van der Waals surface area contributed by atoms with Crippen molar-refractivity contribution in [1.82, 2.24) is 15.0 Å². The number of para-hydroxylation sites is 1. The largest absolute Gasteiger partial charge is 0.418 e. The van der Waals surface area contributed by atoms with Crippen LogP contribution in [0.4, 0.5) is 24.5 Å². The average Bonchev–Trinajstić information content (AvgIpc) is 3.04. The molecule has 0 fully saturated rings. The van der Waals surface area contributed by atoms with E-state index >= 15 is 0 Å². The van der Waals surface area contributed by atoms with Crippen molar-refractivity contribution in [3.8, 4) is 0 Å². The quantitative estimate of drug-likeness (QED) is 0.599. The molecule has 2 amide bonds. The number of nitrogens with zero attached hydrogens (tertiary/aromatic N) is 3. The van der Waals surface area contributed by atoms with E-state index in [4.69, 9.17) is 11.6 Å². The molecule has 0 spiro atoms. The maximum absolute atomic E-state index is 13.1. The van der Waals surface area contributed by atoms with Crippen LogP contribution < -0.4 is 10.6 Å². The molecule has 0 bridgehead atoms. The number of carbonyl (C=O) groups excluding carboxylic acids is 2. The van der Waals surface area contributed by atoms with Gasteiger partial charge < -0.3 is 10.6 Å². The van der Waals surface area contributed by atoms with Crippen LogP contribution in [0.2, 0.25) is 5.02 Å². The molecule has 31 heavy (non-hydrogen) atoms. The number of rotatable bonds is 5. The van der Waals surface area contributed by atoms with Crippen LogP contribution in [0.1, 0.15) is 27.3 Å². The van der Waals surface area contributed by atoms with E-state index in [0.29, 0.717) is 10.7 Å². The summed E-state index contributed by atoms with van der Waals surface area (Å²) in [6.07, 6.45) is -4.62. The van der Waals surface area contributed by atoms with Gasteiger partial charge in [-0.1, -0.05) is 35.0 Å². The van der Waals surface area contributed by atoms with Crippen molar-refractivity contribution in [3.05, 3.63) is 70.0 Å². The zero-order chi connectivity index (χ0) is 22.8. The smallest absolute Gasteiger partial charge is 0.324 e. The number of alkyl halides is 3. The Hall–Kier alpha value is -3.40. The summed E-state index contributed by atoms with van der Waals surface area (Å²) in [6.45, 7) is 2.94. The van der Waals surface area contributed by atoms with Crippen LogP contribution in [-0.4, -0.2) is 26.8 Å². The third-order valence-corrected chi connectivity index (χ3v) is 4.68. The van der Waals surface area contributed by atoms with Crippen molar-refractivity contribution in [1.29, 1.82) is 0 Å². The monoisotopic (exact) mass is 451 g/mol. The minimum Gasteiger partial charge on any atom is -0.324 e.